The van der Waals surface area contributed by atoms with Crippen LogP contribution in [-0.2, 0) is 35.3 Å². The van der Waals surface area contributed by atoms with Crippen LogP contribution in [0.5, 0.6) is 5.75 Å². The molecule has 1 saturated heterocycles. The van der Waals surface area contributed by atoms with Crippen molar-refractivity contribution < 1.29 is 67.2 Å². The topological polar surface area (TPSA) is 110 Å². The Hall–Kier alpha value is -2.66. The number of hydrogen-bond donors (Lipinski definition) is 0. The molecule has 3 atom stereocenters. The van der Waals surface area contributed by atoms with Gasteiger partial charge in [-0.05, 0) is 69.1 Å². The summed E-state index contributed by atoms with van der Waals surface area (Å²) in [4.78, 5) is 25.7. The van der Waals surface area contributed by atoms with Crippen LogP contribution in [0.2, 0.25) is 0 Å². The van der Waals surface area contributed by atoms with E-state index in [2.05, 4.69) is 4.74 Å². The summed E-state index contributed by atoms with van der Waals surface area (Å²) in [7, 11) is -6.50. The zero-order chi connectivity index (χ0) is 34.6. The van der Waals surface area contributed by atoms with Gasteiger partial charge in [-0.3, -0.25) is 9.59 Å². The van der Waals surface area contributed by atoms with E-state index in [9.17, 15) is 57.7 Å². The number of rotatable bonds is 7. The van der Waals surface area contributed by atoms with Crippen molar-refractivity contribution in [1.29, 1.82) is 0 Å². The Labute approximate surface area is 267 Å². The van der Waals surface area contributed by atoms with Crippen molar-refractivity contribution in [1.82, 2.24) is 0 Å². The van der Waals surface area contributed by atoms with Crippen molar-refractivity contribution in [3.05, 3.63) is 36.4 Å². The molecule has 0 spiro atoms. The van der Waals surface area contributed by atoms with Gasteiger partial charge in [0.05, 0.1) is 5.41 Å². The Bertz CT molecular complexity index is 1600. The smallest absolute Gasteiger partial charge is 0.432 e. The van der Waals surface area contributed by atoms with Crippen molar-refractivity contribution in [3.8, 4) is 5.75 Å². The fourth-order valence-corrected chi connectivity index (χ4v) is 10.3. The number of ketones is 1. The van der Waals surface area contributed by atoms with Gasteiger partial charge in [-0.25, -0.2) is 8.42 Å². The van der Waals surface area contributed by atoms with Gasteiger partial charge in [-0.1, -0.05) is 18.2 Å². The maximum atomic E-state index is 13.5. The first kappa shape index (κ1) is 35.6. The van der Waals surface area contributed by atoms with Crippen LogP contribution in [0.4, 0.5) is 35.1 Å². The molecule has 0 amide bonds. The number of alkyl halides is 8. The molecule has 0 N–H and O–H groups in total. The number of halogens is 8. The highest BCUT2D eigenvalue weighted by atomic mass is 32.2. The SMILES string of the molecule is FC(F)(F)COc1ccc([S+]2CCCC2)c2ccccc12.O=C1C2CC3CC1CC(C(=O)OC(C(F)(F)F)C(F)(F)S(=O)(=O)[O-])(C3)C2. The summed E-state index contributed by atoms with van der Waals surface area (Å²) in [6.07, 6.45) is -11.4. The molecule has 5 fully saturated rings. The zero-order valence-electron chi connectivity index (χ0n) is 24.5. The molecule has 7 nitrogen and oxygen atoms in total. The van der Waals surface area contributed by atoms with Crippen molar-refractivity contribution in [2.24, 2.45) is 23.2 Å². The number of benzene rings is 2. The lowest BCUT2D eigenvalue weighted by Crippen LogP contribution is -2.58. The van der Waals surface area contributed by atoms with Gasteiger partial charge in [0, 0.05) is 33.5 Å². The summed E-state index contributed by atoms with van der Waals surface area (Å²) in [5.41, 5.74) is -1.53. The third kappa shape index (κ3) is 7.36. The molecular weight excluding hydrogens is 688 g/mol. The number of fused-ring (bicyclic) bond motifs is 1. The molecule has 0 radical (unpaired) electrons. The summed E-state index contributed by atoms with van der Waals surface area (Å²) < 4.78 is 143. The van der Waals surface area contributed by atoms with Crippen LogP contribution in [0.3, 0.4) is 0 Å². The van der Waals surface area contributed by atoms with Crippen LogP contribution in [-0.4, -0.2) is 66.5 Å². The minimum Gasteiger partial charge on any atom is -0.743 e. The van der Waals surface area contributed by atoms with Crippen molar-refractivity contribution >= 4 is 43.5 Å². The molecule has 1 aliphatic heterocycles. The van der Waals surface area contributed by atoms with Crippen molar-refractivity contribution in [3.63, 3.8) is 0 Å². The van der Waals surface area contributed by atoms with Crippen LogP contribution in [0.1, 0.15) is 44.9 Å². The number of carbonyl (C=O) groups is 2. The quantitative estimate of drug-likeness (QED) is 0.138. The molecule has 4 saturated carbocycles. The first-order valence-electron chi connectivity index (χ1n) is 14.8. The highest BCUT2D eigenvalue weighted by molar-refractivity contribution is 7.97. The molecule has 4 aliphatic carbocycles. The van der Waals surface area contributed by atoms with E-state index in [1.165, 1.54) is 29.2 Å². The molecule has 47 heavy (non-hydrogen) atoms. The van der Waals surface area contributed by atoms with Crippen LogP contribution in [0, 0.1) is 23.2 Å². The highest BCUT2D eigenvalue weighted by Gasteiger charge is 2.66. The van der Waals surface area contributed by atoms with E-state index in [1.54, 1.807) is 6.07 Å². The van der Waals surface area contributed by atoms with Crippen molar-refractivity contribution in [2.75, 3.05) is 18.1 Å². The van der Waals surface area contributed by atoms with Gasteiger partial charge in [-0.2, -0.15) is 35.1 Å². The largest absolute Gasteiger partial charge is 0.743 e. The van der Waals surface area contributed by atoms with E-state index in [-0.39, 0.29) is 41.9 Å². The third-order valence-electron chi connectivity index (χ3n) is 9.17. The lowest BCUT2D eigenvalue weighted by atomic mass is 9.49. The molecule has 2 aromatic rings. The van der Waals surface area contributed by atoms with Gasteiger partial charge in [0.15, 0.2) is 21.6 Å². The van der Waals surface area contributed by atoms with Gasteiger partial charge in [0.2, 0.25) is 0 Å². The minimum atomic E-state index is -6.73. The van der Waals surface area contributed by atoms with Gasteiger partial charge in [-0.15, -0.1) is 0 Å². The van der Waals surface area contributed by atoms with E-state index in [0.29, 0.717) is 18.6 Å². The van der Waals surface area contributed by atoms with E-state index in [0.717, 1.165) is 10.8 Å². The monoisotopic (exact) mass is 718 g/mol. The lowest BCUT2D eigenvalue weighted by molar-refractivity contribution is -0.265. The number of esters is 1. The Morgan fingerprint density at radius 3 is 2.02 bits per heavy atom. The first-order valence-corrected chi connectivity index (χ1v) is 17.7. The Morgan fingerprint density at radius 1 is 0.915 bits per heavy atom. The minimum absolute atomic E-state index is 0.0897. The summed E-state index contributed by atoms with van der Waals surface area (Å²) in [5.74, 6) is -0.220. The maximum Gasteiger partial charge on any atom is 0.432 e. The van der Waals surface area contributed by atoms with Gasteiger partial charge < -0.3 is 14.0 Å². The van der Waals surface area contributed by atoms with Gasteiger partial charge >= 0.3 is 23.6 Å². The summed E-state index contributed by atoms with van der Waals surface area (Å²) in [6.45, 7) is -1.25. The predicted octanol–water partition coefficient (Wildman–Crippen LogP) is 6.55. The standard InChI is InChI=1S/C16H16F3OS.C14H15F5O6S/c17-16(18,19)11-20-14-7-8-15(21-9-3-4-10-21)13-6-2-1-5-12(13)14;15-13(16,17)10(14(18,19)26(22,23)24)25-11(21)12-3-6-1-7(4-12)9(20)8(2-6)5-12/h1-2,5-8H,3-4,9-11H2;6-8,10H,1-5H2,(H,22,23,24)/q+1;/p-1. The third-order valence-corrected chi connectivity index (χ3v) is 12.6. The second kappa shape index (κ2) is 12.7. The average Bonchev–Trinajstić information content (AvgIpc) is 3.50. The summed E-state index contributed by atoms with van der Waals surface area (Å²) >= 11 is 0. The molecule has 1 heterocycles. The average molecular weight is 719 g/mol. The van der Waals surface area contributed by atoms with E-state index < -0.39 is 63.7 Å². The molecule has 5 aliphatic rings. The molecule has 0 aromatic heterocycles. The summed E-state index contributed by atoms with van der Waals surface area (Å²) in [6, 6.07) is 11.2. The summed E-state index contributed by atoms with van der Waals surface area (Å²) in [5, 5.41) is -4.06. The van der Waals surface area contributed by atoms with Crippen molar-refractivity contribution in [2.45, 2.75) is 73.6 Å². The molecule has 3 unspecified atom stereocenters. The maximum absolute atomic E-state index is 13.5. The molecular formula is C30H30F8O7S2. The van der Waals surface area contributed by atoms with Crippen LogP contribution < -0.4 is 4.74 Å². The second-order valence-corrected chi connectivity index (χ2v) is 16.2. The highest BCUT2D eigenvalue weighted by Crippen LogP contribution is 2.59. The van der Waals surface area contributed by atoms with E-state index in [4.69, 9.17) is 4.74 Å². The zero-order valence-corrected chi connectivity index (χ0v) is 26.2. The number of Topliss-reactive ketones (excluding diaryl/α,β-unsaturated/α-hetero) is 1. The molecule has 260 valence electrons. The fourth-order valence-electron chi connectivity index (χ4n) is 7.34. The van der Waals surface area contributed by atoms with Crippen LogP contribution >= 0.6 is 0 Å². The fraction of sp³-hybridized carbons (Fsp3) is 0.600. The number of hydrogen-bond acceptors (Lipinski definition) is 7. The molecule has 4 bridgehead atoms. The van der Waals surface area contributed by atoms with E-state index in [1.807, 2.05) is 30.3 Å². The van der Waals surface area contributed by atoms with Gasteiger partial charge in [0.25, 0.3) is 6.10 Å². The van der Waals surface area contributed by atoms with Crippen LogP contribution in [0.15, 0.2) is 41.3 Å². The van der Waals surface area contributed by atoms with Gasteiger partial charge in [0.1, 0.15) is 23.0 Å². The molecule has 7 rings (SSSR count). The Balaban J connectivity index is 0.000000189. The number of carbonyl (C=O) groups excluding carboxylic acids is 2. The Kier molecular flexibility index (Phi) is 9.60. The Morgan fingerprint density at radius 2 is 1.49 bits per heavy atom. The molecule has 17 heteroatoms. The van der Waals surface area contributed by atoms with E-state index >= 15 is 0 Å². The first-order chi connectivity index (χ1) is 21.7. The molecule has 2 aromatic carbocycles. The lowest BCUT2D eigenvalue weighted by Gasteiger charge is -2.54. The number of ether oxygens (including phenoxy) is 2. The normalized spacial score (nSPS) is 27.0. The van der Waals surface area contributed by atoms with Crippen LogP contribution in [0.25, 0.3) is 10.8 Å². The predicted molar refractivity (Wildman–Crippen MR) is 152 cm³/mol. The second-order valence-electron chi connectivity index (χ2n) is 12.5.